The van der Waals surface area contributed by atoms with E-state index in [1.54, 1.807) is 41.7 Å². The molecule has 0 saturated carbocycles. The number of aliphatic imine (C=N–C) groups is 1. The van der Waals surface area contributed by atoms with E-state index in [1.165, 1.54) is 18.3 Å². The van der Waals surface area contributed by atoms with Gasteiger partial charge >= 0.3 is 0 Å². The molecule has 5 rings (SSSR count). The molecule has 2 N–H and O–H groups in total. The van der Waals surface area contributed by atoms with Gasteiger partial charge in [-0.3, -0.25) is 4.90 Å². The van der Waals surface area contributed by atoms with Crippen LogP contribution in [0.4, 0.5) is 27.5 Å². The zero-order valence-corrected chi connectivity index (χ0v) is 16.6. The molecule has 0 atom stereocenters. The number of hydrogen-bond acceptors (Lipinski definition) is 9. The minimum atomic E-state index is -0.332. The lowest BCUT2D eigenvalue weighted by atomic mass is 10.3. The molecular formula is C20H14ClFN8O. The minimum Gasteiger partial charge on any atom is -0.350 e. The van der Waals surface area contributed by atoms with Crippen LogP contribution < -0.4 is 15.5 Å². The second kappa shape index (κ2) is 8.00. The van der Waals surface area contributed by atoms with E-state index in [0.29, 0.717) is 51.8 Å². The zero-order valence-electron chi connectivity index (χ0n) is 15.8. The fraction of sp³-hybridized carbons (Fsp3) is 0.0500. The van der Waals surface area contributed by atoms with E-state index < -0.39 is 0 Å². The van der Waals surface area contributed by atoms with Gasteiger partial charge in [-0.05, 0) is 36.4 Å². The highest BCUT2D eigenvalue weighted by molar-refractivity contribution is 6.35. The van der Waals surface area contributed by atoms with Crippen molar-refractivity contribution in [3.63, 3.8) is 0 Å². The van der Waals surface area contributed by atoms with Gasteiger partial charge in [-0.25, -0.2) is 24.3 Å². The van der Waals surface area contributed by atoms with Crippen molar-refractivity contribution in [2.24, 2.45) is 4.99 Å². The van der Waals surface area contributed by atoms with E-state index in [0.717, 1.165) is 0 Å². The highest BCUT2D eigenvalue weighted by atomic mass is 35.5. The van der Waals surface area contributed by atoms with E-state index in [2.05, 4.69) is 35.7 Å². The van der Waals surface area contributed by atoms with E-state index in [-0.39, 0.29) is 5.82 Å². The highest BCUT2D eigenvalue weighted by Gasteiger charge is 2.22. The van der Waals surface area contributed by atoms with Crippen molar-refractivity contribution >= 4 is 51.8 Å². The maximum atomic E-state index is 13.2. The summed E-state index contributed by atoms with van der Waals surface area (Å²) in [4.78, 5) is 19.1. The molecule has 0 bridgehead atoms. The summed E-state index contributed by atoms with van der Waals surface area (Å²) < 4.78 is 18.7. The third kappa shape index (κ3) is 3.76. The van der Waals surface area contributed by atoms with Crippen LogP contribution >= 0.6 is 11.6 Å². The first-order valence-corrected chi connectivity index (χ1v) is 9.58. The number of aromatic nitrogens is 4. The van der Waals surface area contributed by atoms with Gasteiger partial charge in [-0.2, -0.15) is 0 Å². The summed E-state index contributed by atoms with van der Waals surface area (Å²) in [5, 5.41) is 10.6. The summed E-state index contributed by atoms with van der Waals surface area (Å²) in [6.45, 7) is 0.523. The lowest BCUT2D eigenvalue weighted by Gasteiger charge is -2.25. The van der Waals surface area contributed by atoms with Crippen LogP contribution in [0.3, 0.4) is 0 Å². The average molecular weight is 437 g/mol. The monoisotopic (exact) mass is 436 g/mol. The molecule has 1 aliphatic heterocycles. The van der Waals surface area contributed by atoms with Crippen molar-refractivity contribution in [2.75, 3.05) is 22.1 Å². The summed E-state index contributed by atoms with van der Waals surface area (Å²) >= 11 is 6.41. The first-order chi connectivity index (χ1) is 15.2. The molecule has 31 heavy (non-hydrogen) atoms. The fourth-order valence-corrected chi connectivity index (χ4v) is 3.16. The number of halogens is 2. The standard InChI is InChI=1S/C20H14ClFN8O/c21-14-11-26-16-17(31-29-18(16)27-13-5-3-12(22)4-6-13)15(14)28-20-25-9-2-10-30(20)19-23-7-1-8-24-19/h1-9,11H,10H2,(H,27,29)(H,25,26,28). The molecule has 1 aliphatic rings. The molecule has 154 valence electrons. The Morgan fingerprint density at radius 1 is 1.06 bits per heavy atom. The third-order valence-corrected chi connectivity index (χ3v) is 4.71. The second-order valence-electron chi connectivity index (χ2n) is 6.44. The molecule has 0 saturated heterocycles. The van der Waals surface area contributed by atoms with Gasteiger partial charge in [0.15, 0.2) is 5.52 Å². The van der Waals surface area contributed by atoms with Crippen LogP contribution in [0.25, 0.3) is 11.1 Å². The van der Waals surface area contributed by atoms with Gasteiger partial charge in [-0.1, -0.05) is 16.8 Å². The quantitative estimate of drug-likeness (QED) is 0.486. The lowest BCUT2D eigenvalue weighted by molar-refractivity contribution is 0.461. The van der Waals surface area contributed by atoms with Crippen molar-refractivity contribution in [3.8, 4) is 0 Å². The molecule has 0 aliphatic carbocycles. The van der Waals surface area contributed by atoms with Crippen LogP contribution in [-0.2, 0) is 0 Å². The molecule has 0 radical (unpaired) electrons. The van der Waals surface area contributed by atoms with Crippen molar-refractivity contribution < 1.29 is 8.91 Å². The Kier molecular flexibility index (Phi) is 4.89. The van der Waals surface area contributed by atoms with Gasteiger partial charge in [0.1, 0.15) is 11.5 Å². The Morgan fingerprint density at radius 3 is 2.68 bits per heavy atom. The van der Waals surface area contributed by atoms with Crippen molar-refractivity contribution in [3.05, 3.63) is 72.0 Å². The number of nitrogens with zero attached hydrogens (tertiary/aromatic N) is 6. The van der Waals surface area contributed by atoms with Crippen LogP contribution in [0.5, 0.6) is 0 Å². The van der Waals surface area contributed by atoms with E-state index in [1.807, 2.05) is 6.08 Å². The Bertz CT molecular complexity index is 1290. The number of rotatable bonds is 4. The van der Waals surface area contributed by atoms with E-state index in [4.69, 9.17) is 16.1 Å². The van der Waals surface area contributed by atoms with Crippen LogP contribution in [0.1, 0.15) is 0 Å². The van der Waals surface area contributed by atoms with Gasteiger partial charge in [-0.15, -0.1) is 0 Å². The number of nitrogens with one attached hydrogen (secondary N) is 2. The van der Waals surface area contributed by atoms with Crippen molar-refractivity contribution in [2.45, 2.75) is 0 Å². The Morgan fingerprint density at radius 2 is 1.87 bits per heavy atom. The van der Waals surface area contributed by atoms with E-state index >= 15 is 0 Å². The molecular weight excluding hydrogens is 423 g/mol. The fourth-order valence-electron chi connectivity index (χ4n) is 2.98. The average Bonchev–Trinajstić information content (AvgIpc) is 3.21. The number of pyridine rings is 1. The van der Waals surface area contributed by atoms with Gasteiger partial charge in [0.25, 0.3) is 0 Å². The van der Waals surface area contributed by atoms with Gasteiger partial charge in [0, 0.05) is 37.0 Å². The van der Waals surface area contributed by atoms with E-state index in [9.17, 15) is 4.39 Å². The predicted octanol–water partition coefficient (Wildman–Crippen LogP) is 4.35. The zero-order chi connectivity index (χ0) is 21.2. The molecule has 0 fully saturated rings. The van der Waals surface area contributed by atoms with Crippen LogP contribution in [0.2, 0.25) is 5.02 Å². The molecule has 0 amide bonds. The molecule has 11 heteroatoms. The third-order valence-electron chi connectivity index (χ3n) is 4.42. The Hall–Kier alpha value is -4.05. The predicted molar refractivity (Wildman–Crippen MR) is 116 cm³/mol. The molecule has 3 aromatic heterocycles. The Labute approximate surface area is 180 Å². The lowest BCUT2D eigenvalue weighted by Crippen LogP contribution is -2.39. The number of guanidine groups is 1. The summed E-state index contributed by atoms with van der Waals surface area (Å²) in [6, 6.07) is 7.60. The van der Waals surface area contributed by atoms with Gasteiger partial charge < -0.3 is 15.2 Å². The topological polar surface area (TPSA) is 104 Å². The summed E-state index contributed by atoms with van der Waals surface area (Å²) in [5.41, 5.74) is 1.87. The first kappa shape index (κ1) is 18.9. The van der Waals surface area contributed by atoms with Crippen molar-refractivity contribution in [1.82, 2.24) is 20.1 Å². The summed E-state index contributed by atoms with van der Waals surface area (Å²) in [5.74, 6) is 0.986. The van der Waals surface area contributed by atoms with Crippen LogP contribution in [-0.4, -0.2) is 32.6 Å². The van der Waals surface area contributed by atoms with Crippen LogP contribution in [0, 0.1) is 5.82 Å². The first-order valence-electron chi connectivity index (χ1n) is 9.20. The molecule has 4 heterocycles. The molecule has 9 nitrogen and oxygen atoms in total. The maximum absolute atomic E-state index is 13.2. The SMILES string of the molecule is Fc1ccc(Nc2noc3c(NC4=NC=CCN4c4ncccn4)c(Cl)cnc23)cc1. The molecule has 1 aromatic carbocycles. The minimum absolute atomic E-state index is 0.322. The number of benzene rings is 1. The normalized spacial score (nSPS) is 13.4. The van der Waals surface area contributed by atoms with Crippen LogP contribution in [0.15, 0.2) is 70.7 Å². The van der Waals surface area contributed by atoms with Gasteiger partial charge in [0.2, 0.25) is 23.3 Å². The molecule has 4 aromatic rings. The highest BCUT2D eigenvalue weighted by Crippen LogP contribution is 2.34. The second-order valence-corrected chi connectivity index (χ2v) is 6.85. The molecule has 0 unspecified atom stereocenters. The molecule has 0 spiro atoms. The smallest absolute Gasteiger partial charge is 0.232 e. The number of anilines is 4. The Balaban J connectivity index is 1.49. The summed E-state index contributed by atoms with van der Waals surface area (Å²) in [7, 11) is 0. The largest absolute Gasteiger partial charge is 0.350 e. The van der Waals surface area contributed by atoms with Crippen molar-refractivity contribution in [1.29, 1.82) is 0 Å². The number of hydrogen-bond donors (Lipinski definition) is 2. The number of fused-ring (bicyclic) bond motifs is 1. The summed E-state index contributed by atoms with van der Waals surface area (Å²) in [6.07, 6.45) is 8.35. The van der Waals surface area contributed by atoms with Gasteiger partial charge in [0.05, 0.1) is 5.02 Å². The maximum Gasteiger partial charge on any atom is 0.232 e.